The number of aromatic nitrogens is 1. The maximum Gasteiger partial charge on any atom is 0.276 e. The molecule has 1 saturated carbocycles. The largest absolute Gasteiger partial charge is 0.448 e. The van der Waals surface area contributed by atoms with E-state index in [4.69, 9.17) is 10.2 Å². The van der Waals surface area contributed by atoms with Crippen LogP contribution in [0.3, 0.4) is 0 Å². The second-order valence-electron chi connectivity index (χ2n) is 24.0. The average Bonchev–Trinajstić information content (AvgIpc) is 4.03. The Labute approximate surface area is 461 Å². The highest BCUT2D eigenvalue weighted by atomic mass is 16.3. The Hall–Kier alpha value is -6.13. The summed E-state index contributed by atoms with van der Waals surface area (Å²) in [4.78, 5) is 143. The Morgan fingerprint density at radius 1 is 0.615 bits per heavy atom. The molecule has 1 aromatic heterocycles. The summed E-state index contributed by atoms with van der Waals surface area (Å²) >= 11 is 0. The van der Waals surface area contributed by atoms with Crippen molar-refractivity contribution in [2.24, 2.45) is 29.4 Å². The molecule has 23 heteroatoms. The van der Waals surface area contributed by atoms with Gasteiger partial charge in [-0.25, -0.2) is 4.98 Å². The summed E-state index contributed by atoms with van der Waals surface area (Å²) in [5.74, 6) is -5.47. The molecule has 1 aliphatic carbocycles. The van der Waals surface area contributed by atoms with E-state index in [1.54, 1.807) is 6.92 Å². The van der Waals surface area contributed by atoms with Gasteiger partial charge in [0.15, 0.2) is 11.6 Å². The molecule has 1 aromatic rings. The molecule has 11 N–H and O–H groups in total. The zero-order valence-corrected chi connectivity index (χ0v) is 48.8. The van der Waals surface area contributed by atoms with Crippen LogP contribution in [0.1, 0.15) is 183 Å². The Morgan fingerprint density at radius 2 is 1.13 bits per heavy atom. The van der Waals surface area contributed by atoms with Crippen molar-refractivity contribution in [1.29, 1.82) is 0 Å². The van der Waals surface area contributed by atoms with Crippen LogP contribution >= 0.6 is 0 Å². The molecule has 10 amide bonds. The van der Waals surface area contributed by atoms with Crippen molar-refractivity contribution in [3.63, 3.8) is 0 Å². The first-order valence-electron chi connectivity index (χ1n) is 28.0. The van der Waals surface area contributed by atoms with Crippen molar-refractivity contribution >= 4 is 59.1 Å². The van der Waals surface area contributed by atoms with Gasteiger partial charge in [0.1, 0.15) is 53.1 Å². The topological polar surface area (TPSA) is 334 Å². The second kappa shape index (κ2) is 30.3. The standard InChI is InChI=1S/C55H94N12O11/c1-32(2)28-38(45(70)62-40(30-34(5)6)47(72)65-55(12,13)52(77)66-53(8,9)50(75)58-25-23-43(68)57-26-24-56)63-51(76)54(10,11)64-46(71)39(29-33(3)4)61-44(69)37(22-21-36-18-15-14-16-19-36)60-48(73)42-20-17-27-67(42)49(74)41-31-78-35(7)59-41/h31-34,36-40,42H,14-30,56H2,1-13H3,(H,57,68)(H,58,75)(H,60,73)(H,61,69)(H,62,70)(H,63,76)(H,64,71)(H,65,72)(H,66,77)/t37-,38-,39-,40-,42+/m0/s1. The number of nitrogens with one attached hydrogen (secondary N) is 9. The van der Waals surface area contributed by atoms with Crippen LogP contribution in [0.15, 0.2) is 10.7 Å². The quantitative estimate of drug-likeness (QED) is 0.0530. The van der Waals surface area contributed by atoms with Crippen molar-refractivity contribution in [3.8, 4) is 0 Å². The van der Waals surface area contributed by atoms with E-state index in [9.17, 15) is 47.9 Å². The number of hydrogen-bond donors (Lipinski definition) is 10. The molecule has 0 spiro atoms. The fourth-order valence-corrected chi connectivity index (χ4v) is 9.51. The maximum atomic E-state index is 14.4. The number of carbonyl (C=O) groups is 10. The van der Waals surface area contributed by atoms with E-state index < -0.39 is 100.0 Å². The van der Waals surface area contributed by atoms with E-state index in [1.807, 2.05) is 41.5 Å². The molecule has 0 bridgehead atoms. The Morgan fingerprint density at radius 3 is 1.64 bits per heavy atom. The number of oxazole rings is 1. The molecule has 1 saturated heterocycles. The zero-order chi connectivity index (χ0) is 58.7. The van der Waals surface area contributed by atoms with Gasteiger partial charge in [0.2, 0.25) is 53.2 Å². The number of amides is 10. The van der Waals surface area contributed by atoms with Gasteiger partial charge in [0.25, 0.3) is 5.91 Å². The molecule has 23 nitrogen and oxygen atoms in total. The number of nitrogens with zero attached hydrogens (tertiary/aromatic N) is 2. The van der Waals surface area contributed by atoms with Crippen LogP contribution in [0.4, 0.5) is 0 Å². The molecule has 0 unspecified atom stereocenters. The zero-order valence-electron chi connectivity index (χ0n) is 48.8. The molecular weight excluding hydrogens is 1000 g/mol. The number of carbonyl (C=O) groups excluding carboxylic acids is 10. The van der Waals surface area contributed by atoms with E-state index in [0.29, 0.717) is 50.6 Å². The molecule has 5 atom stereocenters. The van der Waals surface area contributed by atoms with Crippen molar-refractivity contribution < 1.29 is 52.4 Å². The van der Waals surface area contributed by atoms with E-state index in [0.717, 1.165) is 32.1 Å². The monoisotopic (exact) mass is 1100 g/mol. The Bertz CT molecular complexity index is 2240. The van der Waals surface area contributed by atoms with Crippen LogP contribution in [0.25, 0.3) is 0 Å². The lowest BCUT2D eigenvalue weighted by Crippen LogP contribution is -2.65. The lowest BCUT2D eigenvalue weighted by atomic mass is 9.85. The van der Waals surface area contributed by atoms with Gasteiger partial charge in [-0.3, -0.25) is 47.9 Å². The molecule has 2 heterocycles. The third kappa shape index (κ3) is 21.3. The third-order valence-corrected chi connectivity index (χ3v) is 14.0. The number of rotatable bonds is 30. The summed E-state index contributed by atoms with van der Waals surface area (Å²) in [5, 5.41) is 24.8. The van der Waals surface area contributed by atoms with Gasteiger partial charge in [0.05, 0.1) is 0 Å². The molecule has 0 aromatic carbocycles. The summed E-state index contributed by atoms with van der Waals surface area (Å²) in [5.41, 5.74) is 0.827. The molecule has 440 valence electrons. The van der Waals surface area contributed by atoms with Gasteiger partial charge in [-0.2, -0.15) is 0 Å². The molecule has 2 aliphatic rings. The third-order valence-electron chi connectivity index (χ3n) is 14.0. The number of likely N-dealkylation sites (tertiary alicyclic amines) is 1. The first-order chi connectivity index (χ1) is 36.4. The summed E-state index contributed by atoms with van der Waals surface area (Å²) in [6, 6.07) is -5.35. The number of nitrogens with two attached hydrogens (primary N) is 1. The molecular formula is C55H94N12O11. The highest BCUT2D eigenvalue weighted by molar-refractivity contribution is 6.00. The normalized spacial score (nSPS) is 16.8. The maximum absolute atomic E-state index is 14.4. The first kappa shape index (κ1) is 66.2. The van der Waals surface area contributed by atoms with Crippen molar-refractivity contribution in [2.75, 3.05) is 26.2 Å². The second-order valence-corrected chi connectivity index (χ2v) is 24.0. The van der Waals surface area contributed by atoms with Crippen LogP contribution in [0.2, 0.25) is 0 Å². The summed E-state index contributed by atoms with van der Waals surface area (Å²) in [6.45, 7) is 22.5. The van der Waals surface area contributed by atoms with Crippen molar-refractivity contribution in [1.82, 2.24) is 57.7 Å². The van der Waals surface area contributed by atoms with Gasteiger partial charge in [0, 0.05) is 39.5 Å². The van der Waals surface area contributed by atoms with Gasteiger partial charge < -0.3 is 62.9 Å². The molecule has 2 fully saturated rings. The van der Waals surface area contributed by atoms with Crippen LogP contribution < -0.4 is 53.6 Å². The fraction of sp³-hybridized carbons (Fsp3) is 0.764. The summed E-state index contributed by atoms with van der Waals surface area (Å²) in [7, 11) is 0. The predicted octanol–water partition coefficient (Wildman–Crippen LogP) is 2.29. The molecule has 1 aliphatic heterocycles. The van der Waals surface area contributed by atoms with Gasteiger partial charge in [-0.1, -0.05) is 73.6 Å². The first-order valence-corrected chi connectivity index (χ1v) is 28.0. The predicted molar refractivity (Wildman–Crippen MR) is 294 cm³/mol. The number of aryl methyl sites for hydroxylation is 1. The van der Waals surface area contributed by atoms with Crippen LogP contribution in [0, 0.1) is 30.6 Å². The Kier molecular flexibility index (Phi) is 25.7. The Balaban J connectivity index is 1.75. The van der Waals surface area contributed by atoms with Gasteiger partial charge >= 0.3 is 0 Å². The van der Waals surface area contributed by atoms with Crippen LogP contribution in [0.5, 0.6) is 0 Å². The minimum Gasteiger partial charge on any atom is -0.448 e. The van der Waals surface area contributed by atoms with E-state index >= 15 is 0 Å². The van der Waals surface area contributed by atoms with Crippen molar-refractivity contribution in [2.45, 2.75) is 220 Å². The highest BCUT2D eigenvalue weighted by Crippen LogP contribution is 2.28. The molecule has 78 heavy (non-hydrogen) atoms. The lowest BCUT2D eigenvalue weighted by molar-refractivity contribution is -0.139. The summed E-state index contributed by atoms with van der Waals surface area (Å²) in [6.07, 6.45) is 9.01. The highest BCUT2D eigenvalue weighted by Gasteiger charge is 2.42. The minimum atomic E-state index is -1.64. The van der Waals surface area contributed by atoms with Gasteiger partial charge in [-0.15, -0.1) is 0 Å². The summed E-state index contributed by atoms with van der Waals surface area (Å²) < 4.78 is 5.25. The SMILES string of the molecule is Cc1nc(C(=O)N2CCC[C@@H]2C(=O)N[C@@H](CCC2CCCCC2)C(=O)N[C@@H](CC(C)C)C(=O)NC(C)(C)C(=O)N[C@@H](CC(C)C)C(=O)N[C@@H](CC(C)C)C(=O)NC(C)(C)C(=O)NC(C)(C)C(=O)NCCC(=O)NCCN)co1. The van der Waals surface area contributed by atoms with E-state index in [2.05, 4.69) is 52.8 Å². The van der Waals surface area contributed by atoms with E-state index in [1.165, 1.54) is 52.7 Å². The van der Waals surface area contributed by atoms with Crippen LogP contribution in [-0.2, 0) is 43.2 Å². The van der Waals surface area contributed by atoms with Crippen LogP contribution in [-0.4, -0.2) is 142 Å². The smallest absolute Gasteiger partial charge is 0.276 e. The minimum absolute atomic E-state index is 0.00193. The fourth-order valence-electron chi connectivity index (χ4n) is 9.51. The number of hydrogen-bond acceptors (Lipinski definition) is 13. The molecule has 0 radical (unpaired) electrons. The van der Waals surface area contributed by atoms with Gasteiger partial charge in [-0.05, 0) is 110 Å². The average molecular weight is 1100 g/mol. The lowest BCUT2D eigenvalue weighted by Gasteiger charge is -2.34. The molecule has 3 rings (SSSR count). The van der Waals surface area contributed by atoms with Crippen molar-refractivity contribution in [3.05, 3.63) is 17.8 Å². The van der Waals surface area contributed by atoms with E-state index in [-0.39, 0.29) is 68.1 Å².